The predicted octanol–water partition coefficient (Wildman–Crippen LogP) is 3.01. The molecule has 0 amide bonds. The molecule has 18 heavy (non-hydrogen) atoms. The Bertz CT molecular complexity index is 476. The molecule has 1 aromatic carbocycles. The number of carboxylic acid groups (broad SMARTS) is 1. The summed E-state index contributed by atoms with van der Waals surface area (Å²) in [7, 11) is 0. The first-order valence-corrected chi connectivity index (χ1v) is 5.71. The lowest BCUT2D eigenvalue weighted by molar-refractivity contribution is -0.116. The van der Waals surface area contributed by atoms with Crippen molar-refractivity contribution in [1.82, 2.24) is 0 Å². The van der Waals surface area contributed by atoms with Gasteiger partial charge < -0.3 is 9.84 Å². The number of aromatic carboxylic acids is 1. The maximum absolute atomic E-state index is 12.1. The third kappa shape index (κ3) is 3.49. The zero-order valence-electron chi connectivity index (χ0n) is 9.19. The molecule has 1 rings (SSSR count). The van der Waals surface area contributed by atoms with Gasteiger partial charge in [0.2, 0.25) is 0 Å². The number of carboxylic acids is 1. The van der Waals surface area contributed by atoms with Crippen LogP contribution >= 0.6 is 15.9 Å². The number of alkyl halides is 3. The summed E-state index contributed by atoms with van der Waals surface area (Å²) in [5.41, 5.74) is -0.0677. The van der Waals surface area contributed by atoms with Gasteiger partial charge >= 0.3 is 12.6 Å². The van der Waals surface area contributed by atoms with E-state index >= 15 is 0 Å². The molecule has 7 heteroatoms. The van der Waals surface area contributed by atoms with E-state index in [0.29, 0.717) is 0 Å². The van der Waals surface area contributed by atoms with Crippen molar-refractivity contribution in [2.24, 2.45) is 0 Å². The maximum Gasteiger partial charge on any atom is 0.387 e. The molecule has 0 heterocycles. The summed E-state index contributed by atoms with van der Waals surface area (Å²) < 4.78 is 28.3. The SMILES string of the molecule is CC(=O)C(Br)c1cc(OC(F)F)ccc1C(=O)O. The van der Waals surface area contributed by atoms with Gasteiger partial charge in [-0.25, -0.2) is 4.79 Å². The number of hydrogen-bond donors (Lipinski definition) is 1. The van der Waals surface area contributed by atoms with Crippen LogP contribution in [0, 0.1) is 0 Å². The second-order valence-corrected chi connectivity index (χ2v) is 4.32. The molecule has 1 N–H and O–H groups in total. The van der Waals surface area contributed by atoms with E-state index in [2.05, 4.69) is 20.7 Å². The lowest BCUT2D eigenvalue weighted by Crippen LogP contribution is -2.10. The highest BCUT2D eigenvalue weighted by Crippen LogP contribution is 2.30. The molecule has 0 radical (unpaired) electrons. The van der Waals surface area contributed by atoms with E-state index in [1.54, 1.807) is 0 Å². The number of halogens is 3. The van der Waals surface area contributed by atoms with Gasteiger partial charge in [0.25, 0.3) is 0 Å². The smallest absolute Gasteiger partial charge is 0.387 e. The van der Waals surface area contributed by atoms with E-state index in [9.17, 15) is 18.4 Å². The minimum absolute atomic E-state index is 0.0770. The van der Waals surface area contributed by atoms with E-state index in [1.165, 1.54) is 6.92 Å². The molecule has 1 unspecified atom stereocenters. The number of benzene rings is 1. The predicted molar refractivity (Wildman–Crippen MR) is 62.4 cm³/mol. The fraction of sp³-hybridized carbons (Fsp3) is 0.273. The normalized spacial score (nSPS) is 12.3. The fourth-order valence-corrected chi connectivity index (χ4v) is 1.72. The third-order valence-electron chi connectivity index (χ3n) is 2.11. The van der Waals surface area contributed by atoms with E-state index < -0.39 is 17.4 Å². The van der Waals surface area contributed by atoms with Gasteiger partial charge in [-0.2, -0.15) is 8.78 Å². The highest BCUT2D eigenvalue weighted by molar-refractivity contribution is 9.09. The van der Waals surface area contributed by atoms with Crippen molar-refractivity contribution in [1.29, 1.82) is 0 Å². The zero-order valence-corrected chi connectivity index (χ0v) is 10.8. The van der Waals surface area contributed by atoms with Crippen LogP contribution in [0.4, 0.5) is 8.78 Å². The molecular weight excluding hydrogens is 314 g/mol. The van der Waals surface area contributed by atoms with Crippen LogP contribution in [-0.2, 0) is 4.79 Å². The molecule has 0 spiro atoms. The van der Waals surface area contributed by atoms with Crippen LogP contribution in [0.15, 0.2) is 18.2 Å². The van der Waals surface area contributed by atoms with E-state index in [0.717, 1.165) is 18.2 Å². The van der Waals surface area contributed by atoms with Crippen LogP contribution in [0.2, 0.25) is 0 Å². The standard InChI is InChI=1S/C11H9BrF2O4/c1-5(15)9(12)8-4-6(18-11(13)14)2-3-7(8)10(16)17/h2-4,9,11H,1H3,(H,16,17). The number of rotatable bonds is 5. The lowest BCUT2D eigenvalue weighted by atomic mass is 10.0. The second kappa shape index (κ2) is 5.90. The topological polar surface area (TPSA) is 63.6 Å². The van der Waals surface area contributed by atoms with E-state index in [1.807, 2.05) is 0 Å². The summed E-state index contributed by atoms with van der Waals surface area (Å²) in [5, 5.41) is 8.95. The maximum atomic E-state index is 12.1. The van der Waals surface area contributed by atoms with Gasteiger partial charge in [0, 0.05) is 0 Å². The summed E-state index contributed by atoms with van der Waals surface area (Å²) in [5.74, 6) is -1.79. The largest absolute Gasteiger partial charge is 0.478 e. The molecule has 0 aliphatic rings. The Hall–Kier alpha value is -1.50. The van der Waals surface area contributed by atoms with Crippen LogP contribution in [0.1, 0.15) is 27.7 Å². The van der Waals surface area contributed by atoms with Crippen LogP contribution < -0.4 is 4.74 Å². The highest BCUT2D eigenvalue weighted by atomic mass is 79.9. The van der Waals surface area contributed by atoms with Crippen molar-refractivity contribution < 1.29 is 28.2 Å². The van der Waals surface area contributed by atoms with Gasteiger partial charge in [-0.1, -0.05) is 15.9 Å². The van der Waals surface area contributed by atoms with Gasteiger partial charge in [0.1, 0.15) is 11.5 Å². The molecule has 1 aromatic rings. The van der Waals surface area contributed by atoms with E-state index in [4.69, 9.17) is 5.11 Å². The average molecular weight is 323 g/mol. The van der Waals surface area contributed by atoms with Crippen molar-refractivity contribution in [3.05, 3.63) is 29.3 Å². The van der Waals surface area contributed by atoms with Crippen LogP contribution in [0.5, 0.6) is 5.75 Å². The molecule has 0 saturated heterocycles. The number of hydrogen-bond acceptors (Lipinski definition) is 3. The van der Waals surface area contributed by atoms with Crippen molar-refractivity contribution in [2.75, 3.05) is 0 Å². The van der Waals surface area contributed by atoms with Gasteiger partial charge in [-0.3, -0.25) is 4.79 Å². The fourth-order valence-electron chi connectivity index (χ4n) is 1.34. The first kappa shape index (κ1) is 14.6. The Labute approximate surface area is 110 Å². The molecule has 0 aliphatic carbocycles. The molecule has 0 bridgehead atoms. The van der Waals surface area contributed by atoms with Crippen molar-refractivity contribution in [3.8, 4) is 5.75 Å². The molecular formula is C11H9BrF2O4. The number of Topliss-reactive ketones (excluding diaryl/α,β-unsaturated/α-hetero) is 1. The summed E-state index contributed by atoms with van der Waals surface area (Å²) >= 11 is 3.01. The zero-order chi connectivity index (χ0) is 13.9. The Kier molecular flexibility index (Phi) is 4.77. The highest BCUT2D eigenvalue weighted by Gasteiger charge is 2.21. The minimum Gasteiger partial charge on any atom is -0.478 e. The molecule has 98 valence electrons. The van der Waals surface area contributed by atoms with Crippen molar-refractivity contribution >= 4 is 27.7 Å². The summed E-state index contributed by atoms with van der Waals surface area (Å²) in [6, 6.07) is 3.34. The molecule has 4 nitrogen and oxygen atoms in total. The van der Waals surface area contributed by atoms with Crippen molar-refractivity contribution in [3.63, 3.8) is 0 Å². The molecule has 0 saturated carbocycles. The quantitative estimate of drug-likeness (QED) is 0.846. The molecule has 0 fully saturated rings. The Morgan fingerprint density at radius 1 is 1.39 bits per heavy atom. The van der Waals surface area contributed by atoms with Gasteiger partial charge in [0.05, 0.1) is 10.4 Å². The number of ketones is 1. The minimum atomic E-state index is -3.01. The summed E-state index contributed by atoms with van der Waals surface area (Å²) in [6.45, 7) is -1.76. The van der Waals surface area contributed by atoms with Crippen molar-refractivity contribution in [2.45, 2.75) is 18.4 Å². The average Bonchev–Trinajstić information content (AvgIpc) is 2.26. The summed E-state index contributed by atoms with van der Waals surface area (Å²) in [6.07, 6.45) is 0. The Balaban J connectivity index is 3.23. The van der Waals surface area contributed by atoms with Gasteiger partial charge in [-0.15, -0.1) is 0 Å². The Morgan fingerprint density at radius 2 is 2.00 bits per heavy atom. The lowest BCUT2D eigenvalue weighted by Gasteiger charge is -2.12. The first-order valence-electron chi connectivity index (χ1n) is 4.79. The van der Waals surface area contributed by atoms with Gasteiger partial charge in [-0.05, 0) is 30.7 Å². The second-order valence-electron chi connectivity index (χ2n) is 3.41. The first-order chi connectivity index (χ1) is 8.32. The number of carbonyl (C=O) groups is 2. The molecule has 1 atom stereocenters. The third-order valence-corrected chi connectivity index (χ3v) is 3.25. The van der Waals surface area contributed by atoms with Crippen LogP contribution in [-0.4, -0.2) is 23.5 Å². The van der Waals surface area contributed by atoms with Crippen LogP contribution in [0.25, 0.3) is 0 Å². The molecule has 0 aliphatic heterocycles. The number of ether oxygens (including phenoxy) is 1. The molecule has 0 aromatic heterocycles. The Morgan fingerprint density at radius 3 is 2.44 bits per heavy atom. The van der Waals surface area contributed by atoms with Crippen LogP contribution in [0.3, 0.4) is 0 Å². The monoisotopic (exact) mass is 322 g/mol. The number of carbonyl (C=O) groups excluding carboxylic acids is 1. The van der Waals surface area contributed by atoms with E-state index in [-0.39, 0.29) is 22.7 Å². The summed E-state index contributed by atoms with van der Waals surface area (Å²) in [4.78, 5) is 21.3. The van der Waals surface area contributed by atoms with Gasteiger partial charge in [0.15, 0.2) is 0 Å².